The van der Waals surface area contributed by atoms with Gasteiger partial charge in [0.1, 0.15) is 36.6 Å². The van der Waals surface area contributed by atoms with E-state index in [2.05, 4.69) is 55.6 Å². The molecule has 0 spiro atoms. The molecule has 412 valence electrons. The lowest BCUT2D eigenvalue weighted by atomic mass is 9.98. The normalized spacial score (nSPS) is 20.5. The SMILES string of the molecule is CCCC/C=C/CC/C=C/CC/C=C/CCCC(O)C(O)C(COC1OC(CO)C(O)C(O)C1O)NC(=O)C(O)CCCCCCCCCCCCCCCCCCCCCCCCCCCCCC. The molecule has 1 fully saturated rings. The van der Waals surface area contributed by atoms with E-state index in [1.54, 1.807) is 0 Å². The van der Waals surface area contributed by atoms with Gasteiger partial charge in [-0.25, -0.2) is 0 Å². The van der Waals surface area contributed by atoms with Crippen molar-refractivity contribution in [1.29, 1.82) is 0 Å². The molecular formula is C59H111NO10. The fraction of sp³-hybridized carbons (Fsp3) is 0.881. The zero-order valence-electron chi connectivity index (χ0n) is 45.0. The van der Waals surface area contributed by atoms with Gasteiger partial charge in [-0.15, -0.1) is 0 Å². The van der Waals surface area contributed by atoms with Gasteiger partial charge in [-0.2, -0.15) is 0 Å². The first-order chi connectivity index (χ1) is 34.2. The molecule has 0 radical (unpaired) electrons. The number of carbonyl (C=O) groups is 1. The maximum absolute atomic E-state index is 13.2. The minimum absolute atomic E-state index is 0.242. The van der Waals surface area contributed by atoms with Crippen LogP contribution >= 0.6 is 0 Å². The second kappa shape index (κ2) is 48.3. The minimum atomic E-state index is -1.67. The van der Waals surface area contributed by atoms with Crippen LogP contribution in [0.15, 0.2) is 36.5 Å². The lowest BCUT2D eigenvalue weighted by Gasteiger charge is -2.40. The average molecular weight is 995 g/mol. The largest absolute Gasteiger partial charge is 0.394 e. The molecule has 9 unspecified atom stereocenters. The zero-order chi connectivity index (χ0) is 51.1. The van der Waals surface area contributed by atoms with Crippen LogP contribution in [-0.2, 0) is 14.3 Å². The third-order valence-corrected chi connectivity index (χ3v) is 14.2. The summed E-state index contributed by atoms with van der Waals surface area (Å²) in [5, 5.41) is 76.0. The van der Waals surface area contributed by atoms with Crippen molar-refractivity contribution in [3.8, 4) is 0 Å². The van der Waals surface area contributed by atoms with E-state index in [-0.39, 0.29) is 12.8 Å². The Hall–Kier alpha value is -1.67. The highest BCUT2D eigenvalue weighted by Gasteiger charge is 2.44. The van der Waals surface area contributed by atoms with Crippen LogP contribution in [0.3, 0.4) is 0 Å². The first-order valence-corrected chi connectivity index (χ1v) is 29.4. The molecule has 1 saturated heterocycles. The molecule has 1 amide bonds. The predicted octanol–water partition coefficient (Wildman–Crippen LogP) is 12.3. The molecule has 70 heavy (non-hydrogen) atoms. The van der Waals surface area contributed by atoms with E-state index in [0.717, 1.165) is 51.4 Å². The van der Waals surface area contributed by atoms with E-state index in [1.807, 2.05) is 0 Å². The van der Waals surface area contributed by atoms with Crippen molar-refractivity contribution >= 4 is 5.91 Å². The summed E-state index contributed by atoms with van der Waals surface area (Å²) in [5.41, 5.74) is 0. The Morgan fingerprint density at radius 2 is 0.857 bits per heavy atom. The van der Waals surface area contributed by atoms with Gasteiger partial charge in [0.05, 0.1) is 25.4 Å². The highest BCUT2D eigenvalue weighted by molar-refractivity contribution is 5.80. The lowest BCUT2D eigenvalue weighted by Crippen LogP contribution is -2.60. The fourth-order valence-corrected chi connectivity index (χ4v) is 9.34. The molecule has 11 nitrogen and oxygen atoms in total. The number of amides is 1. The maximum Gasteiger partial charge on any atom is 0.249 e. The third-order valence-electron chi connectivity index (χ3n) is 14.2. The number of allylic oxidation sites excluding steroid dienone is 6. The van der Waals surface area contributed by atoms with Crippen molar-refractivity contribution in [2.45, 2.75) is 319 Å². The summed E-state index contributed by atoms with van der Waals surface area (Å²) in [6, 6.07) is -1.19. The lowest BCUT2D eigenvalue weighted by molar-refractivity contribution is -0.303. The van der Waals surface area contributed by atoms with Crippen molar-refractivity contribution in [3.63, 3.8) is 0 Å². The second-order valence-electron chi connectivity index (χ2n) is 20.7. The number of nitrogens with one attached hydrogen (secondary N) is 1. The van der Waals surface area contributed by atoms with Crippen molar-refractivity contribution in [2.24, 2.45) is 0 Å². The Kier molecular flexibility index (Phi) is 45.8. The molecule has 11 heteroatoms. The maximum atomic E-state index is 13.2. The molecule has 0 aliphatic carbocycles. The van der Waals surface area contributed by atoms with Gasteiger partial charge in [0.2, 0.25) is 5.91 Å². The van der Waals surface area contributed by atoms with E-state index in [4.69, 9.17) is 9.47 Å². The summed E-state index contributed by atoms with van der Waals surface area (Å²) < 4.78 is 11.1. The Morgan fingerprint density at radius 1 is 0.486 bits per heavy atom. The second-order valence-corrected chi connectivity index (χ2v) is 20.7. The van der Waals surface area contributed by atoms with E-state index in [0.29, 0.717) is 19.3 Å². The highest BCUT2D eigenvalue weighted by atomic mass is 16.7. The molecule has 8 N–H and O–H groups in total. The number of hydrogen-bond donors (Lipinski definition) is 8. The van der Waals surface area contributed by atoms with E-state index >= 15 is 0 Å². The third kappa shape index (κ3) is 36.3. The van der Waals surface area contributed by atoms with Gasteiger partial charge in [-0.05, 0) is 57.8 Å². The Morgan fingerprint density at radius 3 is 1.26 bits per heavy atom. The molecule has 0 aromatic rings. The summed E-state index contributed by atoms with van der Waals surface area (Å²) in [7, 11) is 0. The molecular weight excluding hydrogens is 883 g/mol. The van der Waals surface area contributed by atoms with Crippen molar-refractivity contribution in [2.75, 3.05) is 13.2 Å². The molecule has 1 heterocycles. The van der Waals surface area contributed by atoms with Crippen LogP contribution < -0.4 is 5.32 Å². The van der Waals surface area contributed by atoms with Crippen LogP contribution in [0.2, 0.25) is 0 Å². The van der Waals surface area contributed by atoms with Gasteiger partial charge in [-0.1, -0.05) is 243 Å². The molecule has 1 aliphatic heterocycles. The van der Waals surface area contributed by atoms with Gasteiger partial charge in [0.25, 0.3) is 0 Å². The topological polar surface area (TPSA) is 189 Å². The first kappa shape index (κ1) is 66.3. The van der Waals surface area contributed by atoms with Crippen molar-refractivity contribution in [1.82, 2.24) is 5.32 Å². The van der Waals surface area contributed by atoms with Gasteiger partial charge in [0.15, 0.2) is 6.29 Å². The van der Waals surface area contributed by atoms with E-state index < -0.39 is 74.2 Å². The smallest absolute Gasteiger partial charge is 0.249 e. The van der Waals surface area contributed by atoms with Gasteiger partial charge < -0.3 is 50.5 Å². The van der Waals surface area contributed by atoms with Crippen LogP contribution in [-0.4, -0.2) is 110 Å². The van der Waals surface area contributed by atoms with Crippen LogP contribution in [0.4, 0.5) is 0 Å². The van der Waals surface area contributed by atoms with Crippen LogP contribution in [0.5, 0.6) is 0 Å². The first-order valence-electron chi connectivity index (χ1n) is 29.4. The van der Waals surface area contributed by atoms with Crippen LogP contribution in [0, 0.1) is 0 Å². The standard InChI is InChI=1S/C59H111NO10/c1-3-5-7-9-11-13-15-17-19-20-21-22-23-24-25-26-27-28-29-30-31-33-35-37-39-41-43-45-47-52(63)58(68)60-50(49-69-59-57(67)56(66)55(65)53(48-61)70-59)54(64)51(62)46-44-42-40-38-36-34-32-18-16-14-12-10-8-6-4-2/h10,12,18,32,38,40,50-57,59,61-67H,3-9,11,13-17,19-31,33-37,39,41-49H2,1-2H3,(H,60,68)/b12-10+,32-18+,40-38+. The Labute approximate surface area is 428 Å². The molecule has 0 saturated carbocycles. The van der Waals surface area contributed by atoms with Crippen LogP contribution in [0.1, 0.15) is 264 Å². The fourth-order valence-electron chi connectivity index (χ4n) is 9.34. The van der Waals surface area contributed by atoms with Crippen LogP contribution in [0.25, 0.3) is 0 Å². The Balaban J connectivity index is 2.26. The number of hydrogen-bond acceptors (Lipinski definition) is 10. The molecule has 9 atom stereocenters. The summed E-state index contributed by atoms with van der Waals surface area (Å²) in [6.07, 6.45) is 47.9. The number of rotatable bonds is 50. The highest BCUT2D eigenvalue weighted by Crippen LogP contribution is 2.23. The van der Waals surface area contributed by atoms with E-state index in [1.165, 1.54) is 167 Å². The predicted molar refractivity (Wildman–Crippen MR) is 289 cm³/mol. The zero-order valence-corrected chi connectivity index (χ0v) is 45.0. The number of aliphatic hydroxyl groups is 7. The van der Waals surface area contributed by atoms with Crippen molar-refractivity contribution in [3.05, 3.63) is 36.5 Å². The van der Waals surface area contributed by atoms with Gasteiger partial charge >= 0.3 is 0 Å². The van der Waals surface area contributed by atoms with Gasteiger partial charge in [0, 0.05) is 0 Å². The Bertz CT molecular complexity index is 1230. The quantitative estimate of drug-likeness (QED) is 0.0215. The van der Waals surface area contributed by atoms with Gasteiger partial charge in [-0.3, -0.25) is 4.79 Å². The summed E-state index contributed by atoms with van der Waals surface area (Å²) in [6.45, 7) is 3.41. The van der Waals surface area contributed by atoms with E-state index in [9.17, 15) is 40.5 Å². The molecule has 1 aliphatic rings. The molecule has 0 aromatic carbocycles. The number of unbranched alkanes of at least 4 members (excludes halogenated alkanes) is 32. The summed E-state index contributed by atoms with van der Waals surface area (Å²) >= 11 is 0. The summed E-state index contributed by atoms with van der Waals surface area (Å²) in [4.78, 5) is 13.2. The monoisotopic (exact) mass is 994 g/mol. The van der Waals surface area contributed by atoms with Crippen molar-refractivity contribution < 1.29 is 50.0 Å². The molecule has 0 aromatic heterocycles. The molecule has 0 bridgehead atoms. The minimum Gasteiger partial charge on any atom is -0.394 e. The number of aliphatic hydroxyl groups excluding tert-OH is 7. The number of carbonyl (C=O) groups excluding carboxylic acids is 1. The number of ether oxygens (including phenoxy) is 2. The molecule has 1 rings (SSSR count). The average Bonchev–Trinajstić information content (AvgIpc) is 3.36. The summed E-state index contributed by atoms with van der Waals surface area (Å²) in [5.74, 6) is -0.709.